The Balaban J connectivity index is 3.69. The molecular weight excluding hydrogens is 198 g/mol. The summed E-state index contributed by atoms with van der Waals surface area (Å²) in [6.07, 6.45) is 0.901. The number of ether oxygens (including phenoxy) is 2. The van der Waals surface area contributed by atoms with Gasteiger partial charge in [0.15, 0.2) is 5.91 Å². The Hall–Kier alpha value is -0.393. The van der Waals surface area contributed by atoms with Gasteiger partial charge in [0.1, 0.15) is 0 Å². The van der Waals surface area contributed by atoms with Crippen molar-refractivity contribution in [3.63, 3.8) is 0 Å². The van der Waals surface area contributed by atoms with Crippen LogP contribution >= 0.6 is 0 Å². The second-order valence-electron chi connectivity index (χ2n) is 2.63. The number of hydrogen-bond acceptors (Lipinski definition) is 4. The van der Waals surface area contributed by atoms with Crippen LogP contribution in [-0.4, -0.2) is 34.6 Å². The van der Waals surface area contributed by atoms with Crippen LogP contribution in [0.2, 0.25) is 0 Å². The van der Waals surface area contributed by atoms with Gasteiger partial charge < -0.3 is 14.0 Å². The SMILES string of the molecule is CCOC(OCC)[Si]O/N=C(\C)CC. The summed E-state index contributed by atoms with van der Waals surface area (Å²) in [4.78, 5) is 0. The molecule has 0 aliphatic rings. The molecule has 0 N–H and O–H groups in total. The molecule has 0 heterocycles. The molecule has 0 aromatic rings. The normalized spacial score (nSPS) is 12.2. The van der Waals surface area contributed by atoms with E-state index in [0.717, 1.165) is 12.1 Å². The van der Waals surface area contributed by atoms with Crippen molar-refractivity contribution in [2.24, 2.45) is 5.16 Å². The van der Waals surface area contributed by atoms with E-state index in [1.54, 1.807) is 0 Å². The van der Waals surface area contributed by atoms with Crippen molar-refractivity contribution in [2.75, 3.05) is 13.2 Å². The molecule has 0 aromatic carbocycles. The molecule has 0 atom stereocenters. The van der Waals surface area contributed by atoms with Gasteiger partial charge in [0, 0.05) is 13.2 Å². The van der Waals surface area contributed by atoms with Crippen LogP contribution in [0.1, 0.15) is 34.1 Å². The van der Waals surface area contributed by atoms with Gasteiger partial charge in [-0.05, 0) is 27.2 Å². The van der Waals surface area contributed by atoms with E-state index in [1.807, 2.05) is 27.7 Å². The van der Waals surface area contributed by atoms with Gasteiger partial charge in [-0.3, -0.25) is 0 Å². The zero-order valence-electron chi connectivity index (χ0n) is 9.37. The summed E-state index contributed by atoms with van der Waals surface area (Å²) in [5, 5.41) is 3.92. The van der Waals surface area contributed by atoms with E-state index in [-0.39, 0.29) is 15.7 Å². The van der Waals surface area contributed by atoms with Gasteiger partial charge in [-0.15, -0.1) is 5.16 Å². The lowest BCUT2D eigenvalue weighted by Gasteiger charge is -2.13. The number of hydrogen-bond donors (Lipinski definition) is 0. The molecule has 0 aliphatic carbocycles. The summed E-state index contributed by atoms with van der Waals surface area (Å²) >= 11 is 0. The Morgan fingerprint density at radius 3 is 2.21 bits per heavy atom. The molecule has 0 bridgehead atoms. The first-order valence-electron chi connectivity index (χ1n) is 4.92. The lowest BCUT2D eigenvalue weighted by atomic mass is 10.3. The van der Waals surface area contributed by atoms with E-state index in [2.05, 4.69) is 5.16 Å². The molecular formula is C9H19NO3Si. The van der Waals surface area contributed by atoms with Crippen LogP contribution in [0.4, 0.5) is 0 Å². The maximum atomic E-state index is 5.29. The Kier molecular flexibility index (Phi) is 8.92. The molecule has 5 heteroatoms. The summed E-state index contributed by atoms with van der Waals surface area (Å²) in [5.41, 5.74) is 0.976. The number of oxime groups is 1. The smallest absolute Gasteiger partial charge is 0.418 e. The highest BCUT2D eigenvalue weighted by Crippen LogP contribution is 1.95. The van der Waals surface area contributed by atoms with E-state index < -0.39 is 0 Å². The zero-order chi connectivity index (χ0) is 10.8. The second-order valence-corrected chi connectivity index (χ2v) is 3.52. The average Bonchev–Trinajstić information content (AvgIpc) is 2.18. The van der Waals surface area contributed by atoms with E-state index >= 15 is 0 Å². The molecule has 14 heavy (non-hydrogen) atoms. The van der Waals surface area contributed by atoms with E-state index in [1.165, 1.54) is 0 Å². The monoisotopic (exact) mass is 217 g/mol. The quantitative estimate of drug-likeness (QED) is 0.269. The van der Waals surface area contributed by atoms with Crippen LogP contribution in [0.5, 0.6) is 0 Å². The zero-order valence-corrected chi connectivity index (χ0v) is 10.4. The summed E-state index contributed by atoms with van der Waals surface area (Å²) in [7, 11) is 0.101. The summed E-state index contributed by atoms with van der Waals surface area (Å²) in [6.45, 7) is 9.07. The molecule has 4 nitrogen and oxygen atoms in total. The molecule has 0 amide bonds. The predicted octanol–water partition coefficient (Wildman–Crippen LogP) is 1.76. The molecule has 0 aliphatic heterocycles. The van der Waals surface area contributed by atoms with Crippen LogP contribution in [0.15, 0.2) is 5.16 Å². The number of nitrogens with zero attached hydrogens (tertiary/aromatic N) is 1. The third-order valence-electron chi connectivity index (χ3n) is 1.50. The van der Waals surface area contributed by atoms with Crippen LogP contribution in [0.25, 0.3) is 0 Å². The number of rotatable bonds is 8. The van der Waals surface area contributed by atoms with E-state index in [0.29, 0.717) is 13.2 Å². The van der Waals surface area contributed by atoms with Crippen molar-refractivity contribution in [1.29, 1.82) is 0 Å². The largest absolute Gasteiger partial charge is 0.448 e. The standard InChI is InChI=1S/C9H19NO3Si/c1-5-8(4)10-13-14-9(11-6-2)12-7-3/h9H,5-7H2,1-4H3/b10-8+. The van der Waals surface area contributed by atoms with Crippen molar-refractivity contribution in [1.82, 2.24) is 0 Å². The third-order valence-corrected chi connectivity index (χ3v) is 2.22. The maximum Gasteiger partial charge on any atom is 0.418 e. The first-order valence-corrected chi connectivity index (χ1v) is 5.91. The molecule has 0 rings (SSSR count). The molecule has 82 valence electrons. The first kappa shape index (κ1) is 13.6. The fourth-order valence-corrected chi connectivity index (χ4v) is 1.39. The van der Waals surface area contributed by atoms with Crippen LogP contribution < -0.4 is 0 Å². The van der Waals surface area contributed by atoms with Crippen molar-refractivity contribution in [2.45, 2.75) is 40.0 Å². The highest BCUT2D eigenvalue weighted by Gasteiger charge is 2.12. The minimum atomic E-state index is -0.279. The molecule has 0 saturated carbocycles. The Bertz CT molecular complexity index is 158. The minimum Gasteiger partial charge on any atom is -0.448 e. The predicted molar refractivity (Wildman–Crippen MR) is 57.3 cm³/mol. The highest BCUT2D eigenvalue weighted by molar-refractivity contribution is 6.28. The topological polar surface area (TPSA) is 40.0 Å². The Labute approximate surface area is 88.5 Å². The molecule has 0 unspecified atom stereocenters. The van der Waals surface area contributed by atoms with E-state index in [4.69, 9.17) is 14.0 Å². The molecule has 0 aromatic heterocycles. The van der Waals surface area contributed by atoms with Gasteiger partial charge in [-0.1, -0.05) is 6.92 Å². The van der Waals surface area contributed by atoms with Gasteiger partial charge in [-0.25, -0.2) is 0 Å². The lowest BCUT2D eigenvalue weighted by molar-refractivity contribution is -0.0898. The molecule has 0 saturated heterocycles. The fourth-order valence-electron chi connectivity index (χ4n) is 0.631. The summed E-state index contributed by atoms with van der Waals surface area (Å²) in [6, 6.07) is 0. The summed E-state index contributed by atoms with van der Waals surface area (Å²) < 4.78 is 15.7. The Morgan fingerprint density at radius 2 is 1.79 bits per heavy atom. The maximum absolute atomic E-state index is 5.29. The fraction of sp³-hybridized carbons (Fsp3) is 0.889. The van der Waals surface area contributed by atoms with E-state index in [9.17, 15) is 0 Å². The molecule has 0 spiro atoms. The van der Waals surface area contributed by atoms with Crippen molar-refractivity contribution < 1.29 is 14.0 Å². The van der Waals surface area contributed by atoms with Crippen molar-refractivity contribution in [3.8, 4) is 0 Å². The Morgan fingerprint density at radius 1 is 1.21 bits per heavy atom. The van der Waals surface area contributed by atoms with Gasteiger partial charge in [0.25, 0.3) is 0 Å². The highest BCUT2D eigenvalue weighted by atomic mass is 28.2. The summed E-state index contributed by atoms with van der Waals surface area (Å²) in [5.74, 6) is -0.279. The average molecular weight is 217 g/mol. The van der Waals surface area contributed by atoms with Gasteiger partial charge >= 0.3 is 9.76 Å². The third kappa shape index (κ3) is 7.05. The molecule has 2 radical (unpaired) electrons. The van der Waals surface area contributed by atoms with Crippen molar-refractivity contribution >= 4 is 15.5 Å². The second kappa shape index (κ2) is 9.17. The first-order chi connectivity index (χ1) is 6.74. The van der Waals surface area contributed by atoms with Crippen LogP contribution in [0, 0.1) is 0 Å². The van der Waals surface area contributed by atoms with Gasteiger partial charge in [-0.2, -0.15) is 0 Å². The lowest BCUT2D eigenvalue weighted by Crippen LogP contribution is -2.25. The van der Waals surface area contributed by atoms with Crippen LogP contribution in [-0.2, 0) is 14.0 Å². The van der Waals surface area contributed by atoms with Gasteiger partial charge in [0.2, 0.25) is 0 Å². The molecule has 0 fully saturated rings. The minimum absolute atomic E-state index is 0.101. The van der Waals surface area contributed by atoms with Crippen molar-refractivity contribution in [3.05, 3.63) is 0 Å². The van der Waals surface area contributed by atoms with Crippen LogP contribution in [0.3, 0.4) is 0 Å². The van der Waals surface area contributed by atoms with Gasteiger partial charge in [0.05, 0.1) is 5.71 Å².